The van der Waals surface area contributed by atoms with Crippen LogP contribution < -0.4 is 14.8 Å². The number of ether oxygens (including phenoxy) is 2. The monoisotopic (exact) mass is 348 g/mol. The van der Waals surface area contributed by atoms with E-state index in [1.54, 1.807) is 24.5 Å². The van der Waals surface area contributed by atoms with Crippen LogP contribution in [0, 0.1) is 0 Å². The van der Waals surface area contributed by atoms with Crippen molar-refractivity contribution in [3.05, 3.63) is 72.1 Å². The van der Waals surface area contributed by atoms with E-state index in [2.05, 4.69) is 10.3 Å². The van der Waals surface area contributed by atoms with Crippen molar-refractivity contribution in [2.75, 3.05) is 6.79 Å². The summed E-state index contributed by atoms with van der Waals surface area (Å²) in [6, 6.07) is 14.0. The zero-order valence-electron chi connectivity index (χ0n) is 13.8. The molecule has 0 spiro atoms. The fraction of sp³-hybridized carbons (Fsp3) is 0.100. The molecule has 0 saturated carbocycles. The third kappa shape index (κ3) is 3.30. The van der Waals surface area contributed by atoms with Crippen LogP contribution in [0.5, 0.6) is 17.2 Å². The number of nitrogens with zero attached hydrogens (tertiary/aromatic N) is 1. The third-order valence-electron chi connectivity index (χ3n) is 4.06. The average Bonchev–Trinajstić information content (AvgIpc) is 3.14. The number of hydrogen-bond donors (Lipinski definition) is 2. The second-order valence-electron chi connectivity index (χ2n) is 5.88. The minimum Gasteiger partial charge on any atom is -0.508 e. The van der Waals surface area contributed by atoms with Crippen LogP contribution in [0.3, 0.4) is 0 Å². The number of pyridine rings is 1. The van der Waals surface area contributed by atoms with Gasteiger partial charge in [-0.05, 0) is 53.1 Å². The van der Waals surface area contributed by atoms with Crippen molar-refractivity contribution in [3.8, 4) is 28.4 Å². The van der Waals surface area contributed by atoms with Crippen molar-refractivity contribution >= 4 is 5.91 Å². The van der Waals surface area contributed by atoms with Gasteiger partial charge in [-0.15, -0.1) is 0 Å². The first-order valence-corrected chi connectivity index (χ1v) is 8.10. The van der Waals surface area contributed by atoms with Crippen LogP contribution in [0.1, 0.15) is 15.9 Å². The summed E-state index contributed by atoms with van der Waals surface area (Å²) in [5, 5.41) is 12.9. The van der Waals surface area contributed by atoms with Crippen LogP contribution in [0.2, 0.25) is 0 Å². The highest BCUT2D eigenvalue weighted by Gasteiger charge is 2.15. The molecule has 2 N–H and O–H groups in total. The molecule has 0 atom stereocenters. The predicted octanol–water partition coefficient (Wildman–Crippen LogP) is 3.11. The van der Waals surface area contributed by atoms with E-state index >= 15 is 0 Å². The smallest absolute Gasteiger partial charge is 0.251 e. The maximum Gasteiger partial charge on any atom is 0.251 e. The Morgan fingerprint density at radius 2 is 1.96 bits per heavy atom. The summed E-state index contributed by atoms with van der Waals surface area (Å²) >= 11 is 0. The van der Waals surface area contributed by atoms with E-state index in [1.807, 2.05) is 30.3 Å². The van der Waals surface area contributed by atoms with Crippen LogP contribution in [0.15, 0.2) is 60.9 Å². The lowest BCUT2D eigenvalue weighted by Gasteiger charge is -2.09. The van der Waals surface area contributed by atoms with Gasteiger partial charge in [-0.3, -0.25) is 9.78 Å². The van der Waals surface area contributed by atoms with Crippen molar-refractivity contribution in [2.45, 2.75) is 6.54 Å². The van der Waals surface area contributed by atoms with Gasteiger partial charge in [0, 0.05) is 24.5 Å². The number of fused-ring (bicyclic) bond motifs is 1. The number of rotatable bonds is 4. The Morgan fingerprint density at radius 1 is 1.08 bits per heavy atom. The number of aromatic hydroxyl groups is 1. The molecule has 0 saturated heterocycles. The average molecular weight is 348 g/mol. The standard InChI is InChI=1S/C20H16N2O4/c23-17-7-15(14-3-4-18-19(9-14)26-12-25-18)6-16(8-17)20(24)22-11-13-2-1-5-21-10-13/h1-10,23H,11-12H2,(H,22,24). The van der Waals surface area contributed by atoms with E-state index in [-0.39, 0.29) is 18.4 Å². The Labute approximate surface area is 150 Å². The number of phenols is 1. The quantitative estimate of drug-likeness (QED) is 0.757. The van der Waals surface area contributed by atoms with Gasteiger partial charge in [-0.2, -0.15) is 0 Å². The zero-order valence-corrected chi connectivity index (χ0v) is 13.8. The minimum absolute atomic E-state index is 0.0201. The fourth-order valence-corrected chi connectivity index (χ4v) is 2.77. The summed E-state index contributed by atoms with van der Waals surface area (Å²) in [7, 11) is 0. The van der Waals surface area contributed by atoms with Crippen molar-refractivity contribution in [1.82, 2.24) is 10.3 Å². The van der Waals surface area contributed by atoms with E-state index in [1.165, 1.54) is 6.07 Å². The topological polar surface area (TPSA) is 80.7 Å². The van der Waals surface area contributed by atoms with Gasteiger partial charge in [-0.25, -0.2) is 0 Å². The molecule has 0 aliphatic carbocycles. The Morgan fingerprint density at radius 3 is 2.81 bits per heavy atom. The predicted molar refractivity (Wildman–Crippen MR) is 95.1 cm³/mol. The van der Waals surface area contributed by atoms with E-state index in [9.17, 15) is 9.90 Å². The highest BCUT2D eigenvalue weighted by Crippen LogP contribution is 2.36. The molecule has 6 nitrogen and oxygen atoms in total. The molecule has 1 amide bonds. The van der Waals surface area contributed by atoms with Crippen molar-refractivity contribution in [3.63, 3.8) is 0 Å². The van der Waals surface area contributed by atoms with Gasteiger partial charge in [0.05, 0.1) is 0 Å². The van der Waals surface area contributed by atoms with Gasteiger partial charge >= 0.3 is 0 Å². The molecule has 2 aromatic carbocycles. The maximum atomic E-state index is 12.5. The SMILES string of the molecule is O=C(NCc1cccnc1)c1cc(O)cc(-c2ccc3c(c2)OCO3)c1. The molecule has 1 aromatic heterocycles. The lowest BCUT2D eigenvalue weighted by molar-refractivity contribution is 0.0950. The molecule has 4 rings (SSSR count). The Balaban J connectivity index is 1.57. The third-order valence-corrected chi connectivity index (χ3v) is 4.06. The molecule has 1 aliphatic rings. The molecule has 130 valence electrons. The number of amides is 1. The van der Waals surface area contributed by atoms with E-state index in [0.717, 1.165) is 16.7 Å². The van der Waals surface area contributed by atoms with E-state index in [4.69, 9.17) is 9.47 Å². The van der Waals surface area contributed by atoms with Gasteiger partial charge < -0.3 is 19.9 Å². The molecule has 3 aromatic rings. The summed E-state index contributed by atoms with van der Waals surface area (Å²) in [4.78, 5) is 16.5. The van der Waals surface area contributed by atoms with Crippen LogP contribution in [0.4, 0.5) is 0 Å². The van der Waals surface area contributed by atoms with Gasteiger partial charge in [0.15, 0.2) is 11.5 Å². The number of benzene rings is 2. The first kappa shape index (κ1) is 16.0. The first-order valence-electron chi connectivity index (χ1n) is 8.10. The second kappa shape index (κ2) is 6.76. The van der Waals surface area contributed by atoms with Gasteiger partial charge in [0.25, 0.3) is 5.91 Å². The van der Waals surface area contributed by atoms with Crippen LogP contribution in [-0.4, -0.2) is 22.8 Å². The van der Waals surface area contributed by atoms with Gasteiger partial charge in [-0.1, -0.05) is 12.1 Å². The molecular weight excluding hydrogens is 332 g/mol. The van der Waals surface area contributed by atoms with Gasteiger partial charge in [0.1, 0.15) is 5.75 Å². The summed E-state index contributed by atoms with van der Waals surface area (Å²) < 4.78 is 10.7. The second-order valence-corrected chi connectivity index (χ2v) is 5.88. The maximum absolute atomic E-state index is 12.5. The molecule has 0 fully saturated rings. The number of phenolic OH excluding ortho intramolecular Hbond substituents is 1. The molecule has 1 aliphatic heterocycles. The number of hydrogen-bond acceptors (Lipinski definition) is 5. The van der Waals surface area contributed by atoms with Crippen LogP contribution in [-0.2, 0) is 6.54 Å². The van der Waals surface area contributed by atoms with Crippen molar-refractivity contribution in [1.29, 1.82) is 0 Å². The highest BCUT2D eigenvalue weighted by molar-refractivity contribution is 5.96. The Kier molecular flexibility index (Phi) is 4.15. The van der Waals surface area contributed by atoms with E-state index < -0.39 is 0 Å². The lowest BCUT2D eigenvalue weighted by atomic mass is 10.0. The molecule has 26 heavy (non-hydrogen) atoms. The van der Waals surface area contributed by atoms with E-state index in [0.29, 0.717) is 23.6 Å². The molecule has 6 heteroatoms. The lowest BCUT2D eigenvalue weighted by Crippen LogP contribution is -2.22. The minimum atomic E-state index is -0.272. The summed E-state index contributed by atoms with van der Waals surface area (Å²) in [5.41, 5.74) is 2.82. The molecule has 2 heterocycles. The fourth-order valence-electron chi connectivity index (χ4n) is 2.77. The summed E-state index contributed by atoms with van der Waals surface area (Å²) in [5.74, 6) is 1.08. The first-order chi connectivity index (χ1) is 12.7. The highest BCUT2D eigenvalue weighted by atomic mass is 16.7. The zero-order chi connectivity index (χ0) is 17.9. The largest absolute Gasteiger partial charge is 0.508 e. The van der Waals surface area contributed by atoms with Gasteiger partial charge in [0.2, 0.25) is 6.79 Å². The van der Waals surface area contributed by atoms with Crippen LogP contribution in [0.25, 0.3) is 11.1 Å². The number of carbonyl (C=O) groups is 1. The number of aromatic nitrogens is 1. The molecule has 0 unspecified atom stereocenters. The summed E-state index contributed by atoms with van der Waals surface area (Å²) in [6.45, 7) is 0.558. The number of carbonyl (C=O) groups excluding carboxylic acids is 1. The Bertz CT molecular complexity index is 957. The molecule has 0 bridgehead atoms. The van der Waals surface area contributed by atoms with Crippen LogP contribution >= 0.6 is 0 Å². The molecular formula is C20H16N2O4. The normalized spacial score (nSPS) is 12.0. The number of nitrogens with one attached hydrogen (secondary N) is 1. The molecule has 0 radical (unpaired) electrons. The summed E-state index contributed by atoms with van der Waals surface area (Å²) in [6.07, 6.45) is 3.37. The Hall–Kier alpha value is -3.54. The van der Waals surface area contributed by atoms with Crippen molar-refractivity contribution < 1.29 is 19.4 Å². The van der Waals surface area contributed by atoms with Crippen molar-refractivity contribution in [2.24, 2.45) is 0 Å².